The van der Waals surface area contributed by atoms with Crippen LogP contribution in [-0.4, -0.2) is 19.1 Å². The standard InChI is InChI=1S/C11H14F3N3O/c12-11(13,14)8-3-1-4-9(7-8)17-10(18)16-6-2-5-15/h1,3-4,7H,2,5-6,15H2,(H2,16,17,18). The van der Waals surface area contributed by atoms with Crippen molar-refractivity contribution in [3.05, 3.63) is 29.8 Å². The Labute approximate surface area is 102 Å². The first-order chi connectivity index (χ1) is 8.43. The van der Waals surface area contributed by atoms with Crippen molar-refractivity contribution >= 4 is 11.7 Å². The van der Waals surface area contributed by atoms with Gasteiger partial charge < -0.3 is 16.4 Å². The smallest absolute Gasteiger partial charge is 0.338 e. The van der Waals surface area contributed by atoms with Gasteiger partial charge in [0.1, 0.15) is 0 Å². The van der Waals surface area contributed by atoms with Crippen molar-refractivity contribution in [1.82, 2.24) is 5.32 Å². The average Bonchev–Trinajstić information content (AvgIpc) is 2.28. The number of benzene rings is 1. The summed E-state index contributed by atoms with van der Waals surface area (Å²) in [5.41, 5.74) is 4.53. The molecule has 0 fully saturated rings. The molecule has 0 unspecified atom stereocenters. The van der Waals surface area contributed by atoms with Crippen molar-refractivity contribution in [2.45, 2.75) is 12.6 Å². The Morgan fingerprint density at radius 2 is 2.06 bits per heavy atom. The summed E-state index contributed by atoms with van der Waals surface area (Å²) in [7, 11) is 0. The van der Waals surface area contributed by atoms with Gasteiger partial charge in [0, 0.05) is 12.2 Å². The quantitative estimate of drug-likeness (QED) is 0.727. The number of carbonyl (C=O) groups excluding carboxylic acids is 1. The summed E-state index contributed by atoms with van der Waals surface area (Å²) in [5, 5.41) is 4.80. The van der Waals surface area contributed by atoms with Crippen LogP contribution < -0.4 is 16.4 Å². The van der Waals surface area contributed by atoms with Crippen molar-refractivity contribution in [3.8, 4) is 0 Å². The number of carbonyl (C=O) groups is 1. The molecular weight excluding hydrogens is 247 g/mol. The van der Waals surface area contributed by atoms with E-state index in [0.717, 1.165) is 12.1 Å². The van der Waals surface area contributed by atoms with Crippen LogP contribution in [0.4, 0.5) is 23.7 Å². The number of anilines is 1. The molecule has 1 aromatic carbocycles. The van der Waals surface area contributed by atoms with Gasteiger partial charge in [-0.25, -0.2) is 4.79 Å². The zero-order valence-corrected chi connectivity index (χ0v) is 9.55. The van der Waals surface area contributed by atoms with Crippen LogP contribution >= 0.6 is 0 Å². The monoisotopic (exact) mass is 261 g/mol. The van der Waals surface area contributed by atoms with E-state index in [9.17, 15) is 18.0 Å². The Balaban J connectivity index is 2.60. The summed E-state index contributed by atoms with van der Waals surface area (Å²) in [4.78, 5) is 11.3. The van der Waals surface area contributed by atoms with Crippen molar-refractivity contribution in [3.63, 3.8) is 0 Å². The molecule has 0 saturated carbocycles. The van der Waals surface area contributed by atoms with Gasteiger partial charge in [0.05, 0.1) is 5.56 Å². The number of rotatable bonds is 4. The topological polar surface area (TPSA) is 67.1 Å². The van der Waals surface area contributed by atoms with E-state index >= 15 is 0 Å². The van der Waals surface area contributed by atoms with Crippen molar-refractivity contribution in [2.75, 3.05) is 18.4 Å². The van der Waals surface area contributed by atoms with Crippen LogP contribution in [0, 0.1) is 0 Å². The lowest BCUT2D eigenvalue weighted by molar-refractivity contribution is -0.137. The summed E-state index contributed by atoms with van der Waals surface area (Å²) in [6.45, 7) is 0.811. The van der Waals surface area contributed by atoms with Crippen molar-refractivity contribution in [1.29, 1.82) is 0 Å². The minimum Gasteiger partial charge on any atom is -0.338 e. The first kappa shape index (κ1) is 14.3. The Morgan fingerprint density at radius 3 is 2.67 bits per heavy atom. The molecule has 0 heterocycles. The van der Waals surface area contributed by atoms with Gasteiger partial charge in [-0.3, -0.25) is 0 Å². The highest BCUT2D eigenvalue weighted by Crippen LogP contribution is 2.30. The first-order valence-electron chi connectivity index (χ1n) is 5.35. The molecule has 0 radical (unpaired) electrons. The van der Waals surface area contributed by atoms with Gasteiger partial charge in [0.15, 0.2) is 0 Å². The second-order valence-corrected chi connectivity index (χ2v) is 3.60. The second-order valence-electron chi connectivity index (χ2n) is 3.60. The average molecular weight is 261 g/mol. The Kier molecular flexibility index (Phi) is 4.96. The number of amides is 2. The number of nitrogens with one attached hydrogen (secondary N) is 2. The van der Waals surface area contributed by atoms with Crippen LogP contribution in [0.2, 0.25) is 0 Å². The predicted molar refractivity (Wildman–Crippen MR) is 62.1 cm³/mol. The molecule has 1 rings (SSSR count). The minimum atomic E-state index is -4.42. The fraction of sp³-hybridized carbons (Fsp3) is 0.364. The van der Waals surface area contributed by atoms with Gasteiger partial charge >= 0.3 is 12.2 Å². The Hall–Kier alpha value is -1.76. The molecule has 18 heavy (non-hydrogen) atoms. The lowest BCUT2D eigenvalue weighted by atomic mass is 10.2. The zero-order chi connectivity index (χ0) is 13.6. The third-order valence-electron chi connectivity index (χ3n) is 2.11. The van der Waals surface area contributed by atoms with E-state index in [1.54, 1.807) is 0 Å². The Morgan fingerprint density at radius 1 is 1.33 bits per heavy atom. The molecule has 7 heteroatoms. The molecule has 0 saturated heterocycles. The van der Waals surface area contributed by atoms with E-state index in [-0.39, 0.29) is 5.69 Å². The normalized spacial score (nSPS) is 11.1. The number of hydrogen-bond donors (Lipinski definition) is 3. The molecule has 0 atom stereocenters. The highest BCUT2D eigenvalue weighted by molar-refractivity contribution is 5.89. The van der Waals surface area contributed by atoms with Crippen LogP contribution in [0.25, 0.3) is 0 Å². The molecule has 2 amide bonds. The Bertz CT molecular complexity index is 407. The molecule has 4 N–H and O–H groups in total. The molecule has 0 aromatic heterocycles. The van der Waals surface area contributed by atoms with Crippen LogP contribution in [0.3, 0.4) is 0 Å². The fourth-order valence-electron chi connectivity index (χ4n) is 1.25. The predicted octanol–water partition coefficient (Wildman–Crippen LogP) is 2.18. The van der Waals surface area contributed by atoms with Crippen LogP contribution in [0.1, 0.15) is 12.0 Å². The lowest BCUT2D eigenvalue weighted by Crippen LogP contribution is -2.30. The van der Waals surface area contributed by atoms with Gasteiger partial charge in [-0.15, -0.1) is 0 Å². The molecule has 0 aliphatic rings. The molecule has 4 nitrogen and oxygen atoms in total. The van der Waals surface area contributed by atoms with Crippen LogP contribution in [0.15, 0.2) is 24.3 Å². The largest absolute Gasteiger partial charge is 0.416 e. The van der Waals surface area contributed by atoms with E-state index in [2.05, 4.69) is 10.6 Å². The number of alkyl halides is 3. The maximum absolute atomic E-state index is 12.4. The van der Waals surface area contributed by atoms with Crippen molar-refractivity contribution in [2.24, 2.45) is 5.73 Å². The molecule has 0 spiro atoms. The molecule has 0 aliphatic carbocycles. The van der Waals surface area contributed by atoms with Gasteiger partial charge in [-0.1, -0.05) is 6.07 Å². The maximum atomic E-state index is 12.4. The van der Waals surface area contributed by atoms with E-state index in [1.165, 1.54) is 12.1 Å². The highest BCUT2D eigenvalue weighted by Gasteiger charge is 2.30. The third kappa shape index (κ3) is 4.62. The summed E-state index contributed by atoms with van der Waals surface area (Å²) in [6, 6.07) is 3.89. The van der Waals surface area contributed by atoms with Gasteiger partial charge in [0.2, 0.25) is 0 Å². The number of hydrogen-bond acceptors (Lipinski definition) is 2. The van der Waals surface area contributed by atoms with E-state index < -0.39 is 17.8 Å². The maximum Gasteiger partial charge on any atom is 0.416 e. The first-order valence-corrected chi connectivity index (χ1v) is 5.35. The van der Waals surface area contributed by atoms with Gasteiger partial charge in [-0.2, -0.15) is 13.2 Å². The third-order valence-corrected chi connectivity index (χ3v) is 2.11. The number of urea groups is 1. The number of halogens is 3. The van der Waals surface area contributed by atoms with Crippen LogP contribution in [0.5, 0.6) is 0 Å². The van der Waals surface area contributed by atoms with Gasteiger partial charge in [-0.05, 0) is 31.2 Å². The minimum absolute atomic E-state index is 0.0927. The summed E-state index contributed by atoms with van der Waals surface area (Å²) in [6.07, 6.45) is -3.82. The zero-order valence-electron chi connectivity index (χ0n) is 9.55. The van der Waals surface area contributed by atoms with Crippen molar-refractivity contribution < 1.29 is 18.0 Å². The summed E-state index contributed by atoms with van der Waals surface area (Å²) < 4.78 is 37.2. The van der Waals surface area contributed by atoms with Crippen LogP contribution in [-0.2, 0) is 6.18 Å². The summed E-state index contributed by atoms with van der Waals surface area (Å²) >= 11 is 0. The molecule has 0 aliphatic heterocycles. The fourth-order valence-corrected chi connectivity index (χ4v) is 1.25. The van der Waals surface area contributed by atoms with E-state index in [4.69, 9.17) is 5.73 Å². The molecular formula is C11H14F3N3O. The van der Waals surface area contributed by atoms with E-state index in [1.807, 2.05) is 0 Å². The molecule has 100 valence electrons. The molecule has 0 bridgehead atoms. The highest BCUT2D eigenvalue weighted by atomic mass is 19.4. The number of nitrogens with two attached hydrogens (primary N) is 1. The van der Waals surface area contributed by atoms with Gasteiger partial charge in [0.25, 0.3) is 0 Å². The molecule has 1 aromatic rings. The van der Waals surface area contributed by atoms with E-state index in [0.29, 0.717) is 19.5 Å². The second kappa shape index (κ2) is 6.25. The lowest BCUT2D eigenvalue weighted by Gasteiger charge is -2.10. The summed E-state index contributed by atoms with van der Waals surface area (Å²) in [5.74, 6) is 0. The SMILES string of the molecule is NCCCNC(=O)Nc1cccc(C(F)(F)F)c1.